The van der Waals surface area contributed by atoms with Gasteiger partial charge >= 0.3 is 0 Å². The van der Waals surface area contributed by atoms with Crippen LogP contribution in [0.4, 0.5) is 26.1 Å². The summed E-state index contributed by atoms with van der Waals surface area (Å²) in [6.07, 6.45) is 1.91. The van der Waals surface area contributed by atoms with Gasteiger partial charge in [-0.1, -0.05) is 0 Å². The lowest BCUT2D eigenvalue weighted by Crippen LogP contribution is -2.45. The number of aromatic amines is 1. The highest BCUT2D eigenvalue weighted by Crippen LogP contribution is 2.31. The van der Waals surface area contributed by atoms with Crippen molar-refractivity contribution in [3.05, 3.63) is 54.4 Å². The molecule has 3 N–H and O–H groups in total. The van der Waals surface area contributed by atoms with E-state index in [2.05, 4.69) is 30.9 Å². The van der Waals surface area contributed by atoms with Crippen molar-refractivity contribution in [2.75, 3.05) is 43.4 Å². The van der Waals surface area contributed by atoms with Crippen LogP contribution >= 0.6 is 11.8 Å². The first-order chi connectivity index (χ1) is 20.2. The molecule has 2 fully saturated rings. The lowest BCUT2D eigenvalue weighted by atomic mass is 10.0. The number of aromatic nitrogens is 5. The molecule has 0 aliphatic carbocycles. The molecule has 3 aromatic heterocycles. The van der Waals surface area contributed by atoms with Crippen LogP contribution in [0.15, 0.2) is 58.7 Å². The van der Waals surface area contributed by atoms with Crippen LogP contribution in [0.1, 0.15) is 25.0 Å². The van der Waals surface area contributed by atoms with Gasteiger partial charge in [0.25, 0.3) is 5.92 Å². The van der Waals surface area contributed by atoms with E-state index in [1.54, 1.807) is 9.42 Å². The van der Waals surface area contributed by atoms with Gasteiger partial charge in [0.05, 0.1) is 12.5 Å². The molecule has 14 heteroatoms. The van der Waals surface area contributed by atoms with E-state index in [9.17, 15) is 18.4 Å². The van der Waals surface area contributed by atoms with Gasteiger partial charge in [0.2, 0.25) is 17.0 Å². The Bertz CT molecular complexity index is 1580. The molecule has 0 radical (unpaired) electrons. The average molecular weight is 596 g/mol. The Hall–Kier alpha value is -4.04. The Kier molecular flexibility index (Phi) is 7.82. The molecule has 220 valence electrons. The molecule has 0 spiro atoms. The molecule has 6 rings (SSSR count). The van der Waals surface area contributed by atoms with Crippen molar-refractivity contribution in [1.82, 2.24) is 34.6 Å². The summed E-state index contributed by atoms with van der Waals surface area (Å²) in [4.78, 5) is 34.6. The highest BCUT2D eigenvalue weighted by atomic mass is 32.2. The second-order valence-corrected chi connectivity index (χ2v) is 11.8. The number of likely N-dealkylation sites (tertiary alicyclic amines) is 2. The zero-order valence-electron chi connectivity index (χ0n) is 23.0. The number of fused-ring (bicyclic) bond motifs is 1. The van der Waals surface area contributed by atoms with Crippen LogP contribution < -0.4 is 10.6 Å². The Labute approximate surface area is 245 Å². The summed E-state index contributed by atoms with van der Waals surface area (Å²) in [6, 6.07) is 13.1. The molecular formula is C28H31F2N9O2S. The number of anilines is 3. The van der Waals surface area contributed by atoms with E-state index in [0.717, 1.165) is 16.1 Å². The third-order valence-electron chi connectivity index (χ3n) is 7.47. The molecule has 42 heavy (non-hydrogen) atoms. The summed E-state index contributed by atoms with van der Waals surface area (Å²) in [7, 11) is 0. The summed E-state index contributed by atoms with van der Waals surface area (Å²) >= 11 is 1.39. The van der Waals surface area contributed by atoms with Crippen LogP contribution in [0.5, 0.6) is 0 Å². The van der Waals surface area contributed by atoms with Crippen LogP contribution in [0, 0.1) is 12.8 Å². The van der Waals surface area contributed by atoms with E-state index in [1.807, 2.05) is 60.5 Å². The van der Waals surface area contributed by atoms with Crippen LogP contribution in [0.2, 0.25) is 0 Å². The maximum atomic E-state index is 13.4. The van der Waals surface area contributed by atoms with E-state index in [1.165, 1.54) is 11.8 Å². The molecule has 2 aliphatic heterocycles. The molecular weight excluding hydrogens is 564 g/mol. The molecule has 5 heterocycles. The van der Waals surface area contributed by atoms with Gasteiger partial charge in [0.15, 0.2) is 11.6 Å². The fourth-order valence-corrected chi connectivity index (χ4v) is 6.01. The van der Waals surface area contributed by atoms with Crippen molar-refractivity contribution in [1.29, 1.82) is 0 Å². The number of hydrogen-bond acceptors (Lipinski definition) is 8. The lowest BCUT2D eigenvalue weighted by molar-refractivity contribution is -0.141. The number of H-pyrrole nitrogens is 1. The third-order valence-corrected chi connectivity index (χ3v) is 8.33. The highest BCUT2D eigenvalue weighted by molar-refractivity contribution is 7.99. The summed E-state index contributed by atoms with van der Waals surface area (Å²) < 4.78 is 28.6. The van der Waals surface area contributed by atoms with Gasteiger partial charge in [-0.3, -0.25) is 19.6 Å². The van der Waals surface area contributed by atoms with Gasteiger partial charge in [-0.05, 0) is 68.0 Å². The number of hydrogen-bond donors (Lipinski definition) is 3. The summed E-state index contributed by atoms with van der Waals surface area (Å²) in [5, 5.41) is 18.4. The monoisotopic (exact) mass is 595 g/mol. The predicted molar refractivity (Wildman–Crippen MR) is 154 cm³/mol. The average Bonchev–Trinajstić information content (AvgIpc) is 3.71. The second kappa shape index (κ2) is 11.7. The molecule has 0 saturated carbocycles. The van der Waals surface area contributed by atoms with Crippen molar-refractivity contribution in [2.45, 2.75) is 42.2 Å². The quantitative estimate of drug-likeness (QED) is 0.277. The smallest absolute Gasteiger partial charge is 0.251 e. The first-order valence-corrected chi connectivity index (χ1v) is 14.6. The molecule has 2 aliphatic rings. The first kappa shape index (κ1) is 28.1. The zero-order valence-corrected chi connectivity index (χ0v) is 23.8. The predicted octanol–water partition coefficient (Wildman–Crippen LogP) is 4.17. The van der Waals surface area contributed by atoms with E-state index >= 15 is 0 Å². The number of nitrogens with zero attached hydrogens (tertiary/aromatic N) is 6. The van der Waals surface area contributed by atoms with Gasteiger partial charge in [-0.2, -0.15) is 5.10 Å². The number of nitrogens with one attached hydrogen (secondary N) is 3. The number of rotatable bonds is 8. The number of piperidine rings is 1. The number of amides is 2. The topological polar surface area (TPSA) is 124 Å². The van der Waals surface area contributed by atoms with Crippen LogP contribution in [0.3, 0.4) is 0 Å². The second-order valence-electron chi connectivity index (χ2n) is 10.7. The first-order valence-electron chi connectivity index (χ1n) is 13.8. The van der Waals surface area contributed by atoms with Gasteiger partial charge in [-0.25, -0.2) is 18.3 Å². The van der Waals surface area contributed by atoms with Crippen LogP contribution in [-0.2, 0) is 9.59 Å². The third kappa shape index (κ3) is 6.54. The number of carbonyl (C=O) groups is 2. The summed E-state index contributed by atoms with van der Waals surface area (Å²) in [6.45, 7) is 3.34. The van der Waals surface area contributed by atoms with E-state index in [0.29, 0.717) is 42.0 Å². The molecule has 2 saturated heterocycles. The minimum absolute atomic E-state index is 0.0828. The van der Waals surface area contributed by atoms with Crippen molar-refractivity contribution in [3.8, 4) is 0 Å². The van der Waals surface area contributed by atoms with Crippen molar-refractivity contribution in [3.63, 3.8) is 0 Å². The fourth-order valence-electron chi connectivity index (χ4n) is 5.26. The van der Waals surface area contributed by atoms with Crippen LogP contribution in [0.25, 0.3) is 5.52 Å². The summed E-state index contributed by atoms with van der Waals surface area (Å²) in [5.41, 5.74) is 2.41. The van der Waals surface area contributed by atoms with Crippen molar-refractivity contribution < 1.29 is 18.4 Å². The normalized spacial score (nSPS) is 18.8. The molecule has 1 aromatic carbocycles. The van der Waals surface area contributed by atoms with E-state index < -0.39 is 5.92 Å². The standard InChI is InChI=1S/C28H31F2N9O2S/c1-18-15-23(35-34-18)32-25-22-3-2-11-39(22)36-27(33-25)42-21-6-4-20(5-7-21)31-24(40)17-37-12-8-19(16-37)26(41)38-13-9-28(29,30)10-14-38/h2-7,11,15,19H,8-10,12-14,16-17H2,1H3,(H,31,40)(H2,32,33,34,35,36)/t19-/m0/s1. The van der Waals surface area contributed by atoms with Crippen molar-refractivity contribution >= 4 is 46.4 Å². The Morgan fingerprint density at radius 2 is 1.93 bits per heavy atom. The van der Waals surface area contributed by atoms with Gasteiger partial charge in [0, 0.05) is 61.0 Å². The molecule has 0 unspecified atom stereocenters. The van der Waals surface area contributed by atoms with E-state index in [4.69, 9.17) is 0 Å². The Balaban J connectivity index is 1.01. The molecule has 1 atom stereocenters. The fraction of sp³-hybridized carbons (Fsp3) is 0.393. The zero-order chi connectivity index (χ0) is 29.3. The molecule has 4 aromatic rings. The largest absolute Gasteiger partial charge is 0.342 e. The minimum atomic E-state index is -2.68. The summed E-state index contributed by atoms with van der Waals surface area (Å²) in [5.74, 6) is -1.90. The number of carbonyl (C=O) groups excluding carboxylic acids is 2. The molecule has 2 amide bonds. The van der Waals surface area contributed by atoms with Crippen molar-refractivity contribution in [2.24, 2.45) is 5.92 Å². The Morgan fingerprint density at radius 3 is 2.67 bits per heavy atom. The lowest BCUT2D eigenvalue weighted by Gasteiger charge is -2.33. The number of alkyl halides is 2. The van der Waals surface area contributed by atoms with Gasteiger partial charge < -0.3 is 15.5 Å². The number of benzene rings is 1. The van der Waals surface area contributed by atoms with E-state index in [-0.39, 0.29) is 50.2 Å². The van der Waals surface area contributed by atoms with Gasteiger partial charge in [0.1, 0.15) is 5.52 Å². The maximum Gasteiger partial charge on any atom is 0.251 e. The highest BCUT2D eigenvalue weighted by Gasteiger charge is 2.39. The molecule has 11 nitrogen and oxygen atoms in total. The maximum absolute atomic E-state index is 13.4. The Morgan fingerprint density at radius 1 is 1.14 bits per heavy atom. The SMILES string of the molecule is Cc1cc(Nc2nc(Sc3ccc(NC(=O)CN4CC[C@H](C(=O)N5CCC(F)(F)CC5)C4)cc3)nn3cccc23)n[nH]1. The van der Waals surface area contributed by atoms with Gasteiger partial charge in [-0.15, -0.1) is 5.10 Å². The minimum Gasteiger partial charge on any atom is -0.342 e. The number of aryl methyl sites for hydroxylation is 1. The number of halogens is 2. The molecule has 0 bridgehead atoms. The van der Waals surface area contributed by atoms with Crippen LogP contribution in [-0.4, -0.2) is 85.1 Å².